The van der Waals surface area contributed by atoms with Crippen LogP contribution in [0.5, 0.6) is 0 Å². The summed E-state index contributed by atoms with van der Waals surface area (Å²) in [5, 5.41) is 12.8. The minimum atomic E-state index is 0.733. The van der Waals surface area contributed by atoms with Crippen molar-refractivity contribution in [2.45, 2.75) is 31.8 Å². The number of rotatable bonds is 8. The molecule has 2 aromatic rings. The van der Waals surface area contributed by atoms with E-state index in [1.54, 1.807) is 11.8 Å². The maximum atomic E-state index is 4.21. The molecule has 0 radical (unpaired) electrons. The Hall–Kier alpha value is -1.07. The molecule has 104 valence electrons. The molecular weight excluding hydrogens is 256 g/mol. The summed E-state index contributed by atoms with van der Waals surface area (Å²) in [6.07, 6.45) is 4.44. The quantitative estimate of drug-likeness (QED) is 0.595. The van der Waals surface area contributed by atoms with Gasteiger partial charge in [0.2, 0.25) is 0 Å². The van der Waals surface area contributed by atoms with Crippen LogP contribution in [-0.2, 0) is 0 Å². The van der Waals surface area contributed by atoms with Gasteiger partial charge in [-0.3, -0.25) is 4.40 Å². The normalized spacial score (nSPS) is 11.5. The number of nitrogens with one attached hydrogen (secondary N) is 1. The van der Waals surface area contributed by atoms with Crippen molar-refractivity contribution in [2.75, 3.05) is 18.8 Å². The first kappa shape index (κ1) is 14.3. The molecule has 0 spiro atoms. The lowest BCUT2D eigenvalue weighted by Gasteiger charge is -2.06. The van der Waals surface area contributed by atoms with Crippen molar-refractivity contribution in [2.24, 2.45) is 5.92 Å². The molecule has 0 aromatic carbocycles. The minimum absolute atomic E-state index is 0.733. The van der Waals surface area contributed by atoms with Gasteiger partial charge in [-0.25, -0.2) is 0 Å². The second-order valence-electron chi connectivity index (χ2n) is 5.06. The van der Waals surface area contributed by atoms with Gasteiger partial charge >= 0.3 is 0 Å². The Labute approximate surface area is 119 Å². The number of fused-ring (bicyclic) bond motifs is 1. The summed E-state index contributed by atoms with van der Waals surface area (Å²) in [7, 11) is 0. The summed E-state index contributed by atoms with van der Waals surface area (Å²) in [5.74, 6) is 1.83. The third-order valence-corrected chi connectivity index (χ3v) is 3.84. The van der Waals surface area contributed by atoms with Crippen molar-refractivity contribution in [3.05, 3.63) is 24.4 Å². The Bertz CT molecular complexity index is 495. The monoisotopic (exact) mass is 278 g/mol. The van der Waals surface area contributed by atoms with Crippen LogP contribution in [0, 0.1) is 5.92 Å². The standard InChI is InChI=1S/C14H22N4S/c1-12(2)11-15-8-4-6-10-19-14-17-16-13-7-3-5-9-18(13)14/h3,5,7,9,12,15H,4,6,8,10-11H2,1-2H3. The van der Waals surface area contributed by atoms with Gasteiger partial charge in [0.05, 0.1) is 0 Å². The summed E-state index contributed by atoms with van der Waals surface area (Å²) < 4.78 is 2.04. The number of thioether (sulfide) groups is 1. The van der Waals surface area contributed by atoms with E-state index in [9.17, 15) is 0 Å². The van der Waals surface area contributed by atoms with Crippen LogP contribution in [0.4, 0.5) is 0 Å². The Morgan fingerprint density at radius 1 is 1.26 bits per heavy atom. The van der Waals surface area contributed by atoms with E-state index in [0.29, 0.717) is 0 Å². The summed E-state index contributed by atoms with van der Waals surface area (Å²) in [5.41, 5.74) is 0.920. The maximum Gasteiger partial charge on any atom is 0.195 e. The van der Waals surface area contributed by atoms with Crippen LogP contribution in [-0.4, -0.2) is 33.4 Å². The van der Waals surface area contributed by atoms with Crippen molar-refractivity contribution in [1.82, 2.24) is 19.9 Å². The molecule has 4 nitrogen and oxygen atoms in total. The van der Waals surface area contributed by atoms with Crippen molar-refractivity contribution in [3.63, 3.8) is 0 Å². The van der Waals surface area contributed by atoms with E-state index in [0.717, 1.165) is 35.6 Å². The van der Waals surface area contributed by atoms with Crippen LogP contribution in [0.25, 0.3) is 5.65 Å². The predicted octanol–water partition coefficient (Wildman–Crippen LogP) is 2.85. The summed E-state index contributed by atoms with van der Waals surface area (Å²) in [6.45, 7) is 6.69. The third-order valence-electron chi connectivity index (χ3n) is 2.81. The molecule has 0 bridgehead atoms. The highest BCUT2D eigenvalue weighted by atomic mass is 32.2. The van der Waals surface area contributed by atoms with Gasteiger partial charge in [0, 0.05) is 11.9 Å². The van der Waals surface area contributed by atoms with Gasteiger partial charge in [0.25, 0.3) is 0 Å². The Balaban J connectivity index is 1.66. The van der Waals surface area contributed by atoms with Gasteiger partial charge in [-0.1, -0.05) is 31.7 Å². The van der Waals surface area contributed by atoms with Crippen LogP contribution in [0.2, 0.25) is 0 Å². The highest BCUT2D eigenvalue weighted by molar-refractivity contribution is 7.99. The van der Waals surface area contributed by atoms with E-state index in [2.05, 4.69) is 29.4 Å². The van der Waals surface area contributed by atoms with Gasteiger partial charge < -0.3 is 5.32 Å². The second-order valence-corrected chi connectivity index (χ2v) is 6.13. The average molecular weight is 278 g/mol. The molecule has 0 aliphatic carbocycles. The van der Waals surface area contributed by atoms with Crippen LogP contribution in [0.1, 0.15) is 26.7 Å². The van der Waals surface area contributed by atoms with E-state index in [4.69, 9.17) is 0 Å². The van der Waals surface area contributed by atoms with Gasteiger partial charge in [0.1, 0.15) is 0 Å². The first-order valence-corrected chi connectivity index (χ1v) is 7.89. The fraction of sp³-hybridized carbons (Fsp3) is 0.571. The molecule has 0 amide bonds. The molecule has 0 saturated heterocycles. The Morgan fingerprint density at radius 3 is 3.00 bits per heavy atom. The lowest BCUT2D eigenvalue weighted by molar-refractivity contribution is 0.541. The Morgan fingerprint density at radius 2 is 2.16 bits per heavy atom. The molecule has 0 saturated carbocycles. The molecule has 0 aliphatic rings. The molecule has 2 rings (SSSR count). The molecule has 19 heavy (non-hydrogen) atoms. The molecule has 2 heterocycles. The fourth-order valence-electron chi connectivity index (χ4n) is 1.82. The molecule has 0 aliphatic heterocycles. The summed E-state index contributed by atoms with van der Waals surface area (Å²) in [6, 6.07) is 5.97. The lowest BCUT2D eigenvalue weighted by atomic mass is 10.2. The molecule has 5 heteroatoms. The first-order chi connectivity index (χ1) is 9.27. The number of nitrogens with zero attached hydrogens (tertiary/aromatic N) is 3. The topological polar surface area (TPSA) is 42.2 Å². The molecule has 0 unspecified atom stereocenters. The lowest BCUT2D eigenvalue weighted by Crippen LogP contribution is -2.20. The Kier molecular flexibility index (Phi) is 5.66. The predicted molar refractivity (Wildman–Crippen MR) is 80.7 cm³/mol. The van der Waals surface area contributed by atoms with E-state index in [1.807, 2.05) is 28.8 Å². The van der Waals surface area contributed by atoms with Crippen molar-refractivity contribution in [3.8, 4) is 0 Å². The van der Waals surface area contributed by atoms with Crippen molar-refractivity contribution >= 4 is 17.4 Å². The van der Waals surface area contributed by atoms with Gasteiger partial charge in [-0.05, 0) is 44.0 Å². The van der Waals surface area contributed by atoms with E-state index >= 15 is 0 Å². The maximum absolute atomic E-state index is 4.21. The molecule has 0 fully saturated rings. The van der Waals surface area contributed by atoms with Crippen molar-refractivity contribution < 1.29 is 0 Å². The number of unbranched alkanes of at least 4 members (excludes halogenated alkanes) is 1. The van der Waals surface area contributed by atoms with Crippen LogP contribution in [0.15, 0.2) is 29.6 Å². The van der Waals surface area contributed by atoms with E-state index in [-0.39, 0.29) is 0 Å². The summed E-state index contributed by atoms with van der Waals surface area (Å²) >= 11 is 1.78. The van der Waals surface area contributed by atoms with Gasteiger partial charge in [-0.15, -0.1) is 10.2 Å². The summed E-state index contributed by atoms with van der Waals surface area (Å²) in [4.78, 5) is 0. The van der Waals surface area contributed by atoms with E-state index in [1.165, 1.54) is 12.8 Å². The van der Waals surface area contributed by atoms with Crippen LogP contribution >= 0.6 is 11.8 Å². The third kappa shape index (κ3) is 4.51. The number of hydrogen-bond acceptors (Lipinski definition) is 4. The molecule has 0 atom stereocenters. The number of pyridine rings is 1. The fourth-order valence-corrected chi connectivity index (χ4v) is 2.75. The minimum Gasteiger partial charge on any atom is -0.316 e. The van der Waals surface area contributed by atoms with Crippen LogP contribution < -0.4 is 5.32 Å². The van der Waals surface area contributed by atoms with Gasteiger partial charge in [-0.2, -0.15) is 0 Å². The number of aromatic nitrogens is 3. The zero-order chi connectivity index (χ0) is 13.5. The van der Waals surface area contributed by atoms with Crippen molar-refractivity contribution in [1.29, 1.82) is 0 Å². The first-order valence-electron chi connectivity index (χ1n) is 6.90. The van der Waals surface area contributed by atoms with Gasteiger partial charge in [0.15, 0.2) is 10.8 Å². The molecular formula is C14H22N4S. The molecule has 2 aromatic heterocycles. The highest BCUT2D eigenvalue weighted by Crippen LogP contribution is 2.17. The molecule has 1 N–H and O–H groups in total. The zero-order valence-corrected chi connectivity index (χ0v) is 12.5. The largest absolute Gasteiger partial charge is 0.316 e. The zero-order valence-electron chi connectivity index (χ0n) is 11.7. The van der Waals surface area contributed by atoms with Crippen LogP contribution in [0.3, 0.4) is 0 Å². The van der Waals surface area contributed by atoms with E-state index < -0.39 is 0 Å². The SMILES string of the molecule is CC(C)CNCCCCSc1nnc2ccccn12. The highest BCUT2D eigenvalue weighted by Gasteiger charge is 2.04. The number of hydrogen-bond donors (Lipinski definition) is 1. The average Bonchev–Trinajstić information content (AvgIpc) is 2.81. The smallest absolute Gasteiger partial charge is 0.195 e. The second kappa shape index (κ2) is 7.50.